The van der Waals surface area contributed by atoms with E-state index in [2.05, 4.69) is 42.3 Å². The highest BCUT2D eigenvalue weighted by Gasteiger charge is 2.17. The number of aryl methyl sites for hydroxylation is 2. The van der Waals surface area contributed by atoms with Crippen LogP contribution in [0.3, 0.4) is 0 Å². The molecule has 1 atom stereocenters. The number of rotatable bonds is 6. The van der Waals surface area contributed by atoms with Gasteiger partial charge in [-0.05, 0) is 37.9 Å². The maximum Gasteiger partial charge on any atom is 0.179 e. The van der Waals surface area contributed by atoms with E-state index in [0.717, 1.165) is 40.4 Å². The molecular formula is C15H26N4S. The van der Waals surface area contributed by atoms with Crippen LogP contribution in [0, 0.1) is 10.7 Å². The van der Waals surface area contributed by atoms with Crippen LogP contribution in [0.5, 0.6) is 0 Å². The normalized spacial score (nSPS) is 13.5. The lowest BCUT2D eigenvalue weighted by molar-refractivity contribution is 0.446. The average Bonchev–Trinajstić information content (AvgIpc) is 2.86. The van der Waals surface area contributed by atoms with E-state index in [0.29, 0.717) is 6.04 Å². The second-order valence-electron chi connectivity index (χ2n) is 6.10. The lowest BCUT2D eigenvalue weighted by atomic mass is 10.0. The minimum Gasteiger partial charge on any atom is -0.328 e. The van der Waals surface area contributed by atoms with E-state index in [4.69, 9.17) is 12.2 Å². The van der Waals surface area contributed by atoms with Gasteiger partial charge < -0.3 is 4.98 Å². The van der Waals surface area contributed by atoms with Crippen LogP contribution in [0.25, 0.3) is 11.2 Å². The van der Waals surface area contributed by atoms with Gasteiger partial charge in [-0.3, -0.25) is 9.25 Å². The molecule has 0 aliphatic rings. The van der Waals surface area contributed by atoms with Gasteiger partial charge in [-0.1, -0.05) is 33.6 Å². The van der Waals surface area contributed by atoms with Gasteiger partial charge in [0.25, 0.3) is 0 Å². The second-order valence-corrected chi connectivity index (χ2v) is 6.48. The number of hydrogen-bond acceptors (Lipinski definition) is 2. The van der Waals surface area contributed by atoms with Crippen LogP contribution in [0.15, 0.2) is 0 Å². The Bertz CT molecular complexity index is 632. The third-order valence-electron chi connectivity index (χ3n) is 3.95. The van der Waals surface area contributed by atoms with E-state index < -0.39 is 0 Å². The SMILES string of the molecule is CCc1nn(C)c2c1[nH]c(=S)n2C(C)CCCC(C)C. The third kappa shape index (κ3) is 2.82. The standard InChI is InChI=1S/C15H26N4S/c1-6-12-13-14(18(5)17-12)19(15(20)16-13)11(4)9-7-8-10(2)3/h10-11H,6-9H2,1-5H3,(H,16,20). The van der Waals surface area contributed by atoms with E-state index in [1.165, 1.54) is 12.8 Å². The number of aromatic nitrogens is 4. The van der Waals surface area contributed by atoms with Gasteiger partial charge >= 0.3 is 0 Å². The number of nitrogens with zero attached hydrogens (tertiary/aromatic N) is 3. The van der Waals surface area contributed by atoms with E-state index in [1.807, 2.05) is 11.7 Å². The first-order valence-corrected chi connectivity index (χ1v) is 8.02. The molecule has 0 amide bonds. The molecule has 0 spiro atoms. The molecule has 0 aliphatic carbocycles. The van der Waals surface area contributed by atoms with Gasteiger partial charge in [-0.2, -0.15) is 5.10 Å². The van der Waals surface area contributed by atoms with Crippen LogP contribution < -0.4 is 0 Å². The lowest BCUT2D eigenvalue weighted by Gasteiger charge is -2.15. The maximum absolute atomic E-state index is 5.52. The smallest absolute Gasteiger partial charge is 0.179 e. The molecule has 0 saturated heterocycles. The van der Waals surface area contributed by atoms with Crippen molar-refractivity contribution < 1.29 is 0 Å². The van der Waals surface area contributed by atoms with Crippen molar-refractivity contribution in [1.29, 1.82) is 0 Å². The molecule has 2 aromatic heterocycles. The molecule has 1 N–H and O–H groups in total. The van der Waals surface area contributed by atoms with Crippen LogP contribution in [-0.2, 0) is 13.5 Å². The summed E-state index contributed by atoms with van der Waals surface area (Å²) in [5.74, 6) is 0.768. The molecule has 0 bridgehead atoms. The highest BCUT2D eigenvalue weighted by Crippen LogP contribution is 2.25. The van der Waals surface area contributed by atoms with Gasteiger partial charge in [-0.15, -0.1) is 0 Å². The van der Waals surface area contributed by atoms with E-state index >= 15 is 0 Å². The molecule has 20 heavy (non-hydrogen) atoms. The summed E-state index contributed by atoms with van der Waals surface area (Å²) in [5.41, 5.74) is 3.33. The fourth-order valence-electron chi connectivity index (χ4n) is 2.84. The summed E-state index contributed by atoms with van der Waals surface area (Å²) in [6.07, 6.45) is 4.60. The Hall–Kier alpha value is -1.10. The Morgan fingerprint density at radius 3 is 2.55 bits per heavy atom. The highest BCUT2D eigenvalue weighted by atomic mass is 32.1. The van der Waals surface area contributed by atoms with Crippen molar-refractivity contribution in [1.82, 2.24) is 19.3 Å². The molecule has 0 fully saturated rings. The van der Waals surface area contributed by atoms with Crippen LogP contribution >= 0.6 is 12.2 Å². The molecule has 0 aliphatic heterocycles. The van der Waals surface area contributed by atoms with Crippen molar-refractivity contribution in [2.45, 2.75) is 59.4 Å². The molecule has 0 radical (unpaired) electrons. The Kier molecular flexibility index (Phi) is 4.68. The summed E-state index contributed by atoms with van der Waals surface area (Å²) in [6.45, 7) is 8.93. The maximum atomic E-state index is 5.52. The van der Waals surface area contributed by atoms with Crippen LogP contribution in [0.2, 0.25) is 0 Å². The zero-order valence-corrected chi connectivity index (χ0v) is 14.0. The van der Waals surface area contributed by atoms with Crippen molar-refractivity contribution in [2.75, 3.05) is 0 Å². The fraction of sp³-hybridized carbons (Fsp3) is 0.733. The number of nitrogens with one attached hydrogen (secondary N) is 1. The molecule has 112 valence electrons. The van der Waals surface area contributed by atoms with Gasteiger partial charge in [0.15, 0.2) is 10.4 Å². The summed E-state index contributed by atoms with van der Waals surface area (Å²) in [6, 6.07) is 0.412. The van der Waals surface area contributed by atoms with Crippen molar-refractivity contribution in [3.05, 3.63) is 10.5 Å². The van der Waals surface area contributed by atoms with Gasteiger partial charge in [-0.25, -0.2) is 0 Å². The molecule has 4 nitrogen and oxygen atoms in total. The summed E-state index contributed by atoms with van der Waals surface area (Å²) in [7, 11) is 2.00. The first kappa shape index (κ1) is 15.3. The summed E-state index contributed by atoms with van der Waals surface area (Å²) < 4.78 is 5.01. The van der Waals surface area contributed by atoms with Crippen molar-refractivity contribution in [2.24, 2.45) is 13.0 Å². The van der Waals surface area contributed by atoms with Gasteiger partial charge in [0, 0.05) is 13.1 Å². The minimum absolute atomic E-state index is 0.412. The quantitative estimate of drug-likeness (QED) is 0.803. The summed E-state index contributed by atoms with van der Waals surface area (Å²) in [5, 5.41) is 4.58. The number of fused-ring (bicyclic) bond motifs is 1. The largest absolute Gasteiger partial charge is 0.328 e. The van der Waals surface area contributed by atoms with Gasteiger partial charge in [0.2, 0.25) is 0 Å². The Morgan fingerprint density at radius 2 is 1.95 bits per heavy atom. The highest BCUT2D eigenvalue weighted by molar-refractivity contribution is 7.71. The van der Waals surface area contributed by atoms with Crippen LogP contribution in [0.1, 0.15) is 58.7 Å². The fourth-order valence-corrected chi connectivity index (χ4v) is 3.21. The Labute approximate surface area is 126 Å². The first-order chi connectivity index (χ1) is 9.45. The van der Waals surface area contributed by atoms with E-state index in [9.17, 15) is 0 Å². The zero-order chi connectivity index (χ0) is 14.9. The molecule has 0 saturated carbocycles. The first-order valence-electron chi connectivity index (χ1n) is 7.61. The van der Waals surface area contributed by atoms with Crippen molar-refractivity contribution in [3.63, 3.8) is 0 Å². The molecule has 1 unspecified atom stereocenters. The molecule has 5 heteroatoms. The van der Waals surface area contributed by atoms with Gasteiger partial charge in [0.05, 0.1) is 5.69 Å². The predicted octanol–water partition coefficient (Wildman–Crippen LogP) is 4.38. The number of hydrogen-bond donors (Lipinski definition) is 1. The molecule has 2 aromatic rings. The van der Waals surface area contributed by atoms with E-state index in [-0.39, 0.29) is 0 Å². The monoisotopic (exact) mass is 294 g/mol. The summed E-state index contributed by atoms with van der Waals surface area (Å²) >= 11 is 5.52. The average molecular weight is 294 g/mol. The minimum atomic E-state index is 0.412. The van der Waals surface area contributed by atoms with E-state index in [1.54, 1.807) is 0 Å². The van der Waals surface area contributed by atoms with Crippen molar-refractivity contribution in [3.8, 4) is 0 Å². The van der Waals surface area contributed by atoms with Gasteiger partial charge in [0.1, 0.15) is 5.52 Å². The number of H-pyrrole nitrogens is 1. The molecule has 2 rings (SSSR count). The number of aromatic amines is 1. The second kappa shape index (κ2) is 6.12. The Morgan fingerprint density at radius 1 is 1.25 bits per heavy atom. The molecule has 2 heterocycles. The summed E-state index contributed by atoms with van der Waals surface area (Å²) in [4.78, 5) is 3.34. The molecular weight excluding hydrogens is 268 g/mol. The predicted molar refractivity (Wildman–Crippen MR) is 86.7 cm³/mol. The third-order valence-corrected chi connectivity index (χ3v) is 4.25. The van der Waals surface area contributed by atoms with Crippen LogP contribution in [-0.4, -0.2) is 19.3 Å². The molecule has 0 aromatic carbocycles. The Balaban J connectivity index is 2.31. The zero-order valence-electron chi connectivity index (χ0n) is 13.2. The van der Waals surface area contributed by atoms with Crippen LogP contribution in [0.4, 0.5) is 0 Å². The topological polar surface area (TPSA) is 38.5 Å². The number of imidazole rings is 1. The lowest BCUT2D eigenvalue weighted by Crippen LogP contribution is -2.09. The van der Waals surface area contributed by atoms with Crippen molar-refractivity contribution >= 4 is 23.4 Å².